The second kappa shape index (κ2) is 5.61. The van der Waals surface area contributed by atoms with E-state index in [2.05, 4.69) is 5.32 Å². The van der Waals surface area contributed by atoms with Gasteiger partial charge in [0.2, 0.25) is 0 Å². The van der Waals surface area contributed by atoms with Crippen molar-refractivity contribution in [3.63, 3.8) is 0 Å². The van der Waals surface area contributed by atoms with Gasteiger partial charge in [-0.15, -0.1) is 0 Å². The number of nitrogens with one attached hydrogen (secondary N) is 1. The van der Waals surface area contributed by atoms with E-state index in [9.17, 15) is 9.90 Å². The maximum Gasteiger partial charge on any atom is 0.291 e. The van der Waals surface area contributed by atoms with E-state index in [4.69, 9.17) is 20.8 Å². The highest BCUT2D eigenvalue weighted by Crippen LogP contribution is 2.28. The molecule has 1 heterocycles. The van der Waals surface area contributed by atoms with Crippen LogP contribution >= 0.6 is 11.6 Å². The fourth-order valence-corrected chi connectivity index (χ4v) is 2.22. The summed E-state index contributed by atoms with van der Waals surface area (Å²) < 4.78 is 10.6. The SMILES string of the molecule is COc1ccc2oc(C(=O)Nc3ccc(Cl)cc3O)cc2c1. The first-order chi connectivity index (χ1) is 10.6. The van der Waals surface area contributed by atoms with Gasteiger partial charge >= 0.3 is 0 Å². The summed E-state index contributed by atoms with van der Waals surface area (Å²) in [5.74, 6) is 0.236. The number of aromatic hydroxyl groups is 1. The molecule has 112 valence electrons. The van der Waals surface area contributed by atoms with E-state index < -0.39 is 5.91 Å². The number of phenolic OH excluding ortho intramolecular Hbond substituents is 1. The predicted octanol–water partition coefficient (Wildman–Crippen LogP) is 4.05. The molecule has 0 unspecified atom stereocenters. The van der Waals surface area contributed by atoms with Crippen LogP contribution in [-0.2, 0) is 0 Å². The van der Waals surface area contributed by atoms with Gasteiger partial charge in [0.25, 0.3) is 5.91 Å². The number of furan rings is 1. The molecule has 0 radical (unpaired) electrons. The zero-order chi connectivity index (χ0) is 15.7. The maximum absolute atomic E-state index is 12.2. The molecule has 5 nitrogen and oxygen atoms in total. The number of carbonyl (C=O) groups excluding carboxylic acids is 1. The van der Waals surface area contributed by atoms with Crippen LogP contribution in [0.25, 0.3) is 11.0 Å². The lowest BCUT2D eigenvalue weighted by Gasteiger charge is -2.05. The van der Waals surface area contributed by atoms with E-state index in [1.807, 2.05) is 0 Å². The van der Waals surface area contributed by atoms with Crippen molar-refractivity contribution in [2.45, 2.75) is 0 Å². The first-order valence-corrected chi connectivity index (χ1v) is 6.82. The monoisotopic (exact) mass is 317 g/mol. The van der Waals surface area contributed by atoms with Gasteiger partial charge in [0.15, 0.2) is 5.76 Å². The van der Waals surface area contributed by atoms with E-state index in [0.717, 1.165) is 5.39 Å². The highest BCUT2D eigenvalue weighted by molar-refractivity contribution is 6.30. The second-order valence-corrected chi connectivity index (χ2v) is 5.07. The van der Waals surface area contributed by atoms with Gasteiger partial charge < -0.3 is 19.6 Å². The topological polar surface area (TPSA) is 71.7 Å². The van der Waals surface area contributed by atoms with Crippen LogP contribution in [0.5, 0.6) is 11.5 Å². The zero-order valence-corrected chi connectivity index (χ0v) is 12.3. The number of hydrogen-bond acceptors (Lipinski definition) is 4. The van der Waals surface area contributed by atoms with Gasteiger partial charge in [-0.2, -0.15) is 0 Å². The van der Waals surface area contributed by atoms with Crippen molar-refractivity contribution in [3.05, 3.63) is 53.2 Å². The molecule has 3 rings (SSSR count). The zero-order valence-electron chi connectivity index (χ0n) is 11.6. The Morgan fingerprint density at radius 1 is 1.23 bits per heavy atom. The quantitative estimate of drug-likeness (QED) is 0.715. The molecule has 1 amide bonds. The van der Waals surface area contributed by atoms with Crippen LogP contribution in [0.15, 0.2) is 46.9 Å². The first-order valence-electron chi connectivity index (χ1n) is 6.44. The highest BCUT2D eigenvalue weighted by Gasteiger charge is 2.14. The molecule has 22 heavy (non-hydrogen) atoms. The number of methoxy groups -OCH3 is 1. The summed E-state index contributed by atoms with van der Waals surface area (Å²) in [5, 5.41) is 13.5. The smallest absolute Gasteiger partial charge is 0.291 e. The van der Waals surface area contributed by atoms with Crippen molar-refractivity contribution in [1.29, 1.82) is 0 Å². The molecule has 0 aliphatic heterocycles. The first kappa shape index (κ1) is 14.3. The third-order valence-electron chi connectivity index (χ3n) is 3.16. The Kier molecular flexibility index (Phi) is 3.65. The Bertz CT molecular complexity index is 856. The molecule has 0 spiro atoms. The summed E-state index contributed by atoms with van der Waals surface area (Å²) in [4.78, 5) is 12.2. The van der Waals surface area contributed by atoms with Crippen LogP contribution in [0.4, 0.5) is 5.69 Å². The lowest BCUT2D eigenvalue weighted by atomic mass is 10.2. The number of benzene rings is 2. The molecule has 0 bridgehead atoms. The summed E-state index contributed by atoms with van der Waals surface area (Å²) in [5.41, 5.74) is 0.832. The molecular formula is C16H12ClNO4. The van der Waals surface area contributed by atoms with Crippen molar-refractivity contribution >= 4 is 34.2 Å². The molecule has 0 saturated carbocycles. The summed E-state index contributed by atoms with van der Waals surface area (Å²) in [6.07, 6.45) is 0. The molecule has 0 fully saturated rings. The van der Waals surface area contributed by atoms with Crippen LogP contribution in [0.2, 0.25) is 5.02 Å². The van der Waals surface area contributed by atoms with Crippen LogP contribution in [0, 0.1) is 0 Å². The highest BCUT2D eigenvalue weighted by atomic mass is 35.5. The average Bonchev–Trinajstić information content (AvgIpc) is 2.93. The number of ether oxygens (including phenoxy) is 1. The van der Waals surface area contributed by atoms with Gasteiger partial charge in [-0.25, -0.2) is 0 Å². The minimum atomic E-state index is -0.465. The molecule has 2 N–H and O–H groups in total. The summed E-state index contributed by atoms with van der Waals surface area (Å²) >= 11 is 5.75. The van der Waals surface area contributed by atoms with Crippen LogP contribution in [0.1, 0.15) is 10.6 Å². The molecule has 1 aromatic heterocycles. The molecule has 0 saturated heterocycles. The van der Waals surface area contributed by atoms with Gasteiger partial charge in [-0.05, 0) is 36.4 Å². The predicted molar refractivity (Wildman–Crippen MR) is 83.8 cm³/mol. The number of anilines is 1. The molecule has 6 heteroatoms. The summed E-state index contributed by atoms with van der Waals surface area (Å²) in [6, 6.07) is 11.3. The van der Waals surface area contributed by atoms with Crippen molar-refractivity contribution < 1.29 is 19.1 Å². The van der Waals surface area contributed by atoms with Crippen LogP contribution in [0.3, 0.4) is 0 Å². The van der Waals surface area contributed by atoms with E-state index in [-0.39, 0.29) is 17.2 Å². The fourth-order valence-electron chi connectivity index (χ4n) is 2.05. The molecule has 0 aliphatic rings. The largest absolute Gasteiger partial charge is 0.506 e. The van der Waals surface area contributed by atoms with Gasteiger partial charge in [0.1, 0.15) is 17.1 Å². The molecule has 2 aromatic carbocycles. The number of amides is 1. The molecule has 0 aliphatic carbocycles. The number of fused-ring (bicyclic) bond motifs is 1. The van der Waals surface area contributed by atoms with Crippen LogP contribution < -0.4 is 10.1 Å². The van der Waals surface area contributed by atoms with Gasteiger partial charge in [-0.1, -0.05) is 11.6 Å². The fraction of sp³-hybridized carbons (Fsp3) is 0.0625. The maximum atomic E-state index is 12.2. The minimum Gasteiger partial charge on any atom is -0.506 e. The standard InChI is InChI=1S/C16H12ClNO4/c1-21-11-3-5-14-9(6-11)7-15(22-14)16(20)18-12-4-2-10(17)8-13(12)19/h2-8,19H,1H3,(H,18,20). The Hall–Kier alpha value is -2.66. The van der Waals surface area contributed by atoms with Crippen LogP contribution in [-0.4, -0.2) is 18.1 Å². The van der Waals surface area contributed by atoms with E-state index >= 15 is 0 Å². The van der Waals surface area contributed by atoms with Crippen molar-refractivity contribution in [2.75, 3.05) is 12.4 Å². The number of carbonyl (C=O) groups is 1. The Balaban J connectivity index is 1.88. The van der Waals surface area contributed by atoms with Crippen molar-refractivity contribution in [1.82, 2.24) is 0 Å². The lowest BCUT2D eigenvalue weighted by Crippen LogP contribution is -2.10. The second-order valence-electron chi connectivity index (χ2n) is 4.63. The third kappa shape index (κ3) is 2.71. The minimum absolute atomic E-state index is 0.112. The number of phenols is 1. The van der Waals surface area contributed by atoms with Gasteiger partial charge in [0.05, 0.1) is 12.8 Å². The Morgan fingerprint density at radius 3 is 2.77 bits per heavy atom. The molecule has 3 aromatic rings. The van der Waals surface area contributed by atoms with Crippen molar-refractivity contribution in [3.8, 4) is 11.5 Å². The molecular weight excluding hydrogens is 306 g/mol. The summed E-state index contributed by atoms with van der Waals surface area (Å²) in [7, 11) is 1.57. The number of hydrogen-bond donors (Lipinski definition) is 2. The number of halogens is 1. The van der Waals surface area contributed by atoms with E-state index in [0.29, 0.717) is 16.4 Å². The third-order valence-corrected chi connectivity index (χ3v) is 3.39. The Morgan fingerprint density at radius 2 is 2.05 bits per heavy atom. The normalized spacial score (nSPS) is 10.6. The summed E-state index contributed by atoms with van der Waals surface area (Å²) in [6.45, 7) is 0. The number of rotatable bonds is 3. The lowest BCUT2D eigenvalue weighted by molar-refractivity contribution is 0.0998. The average molecular weight is 318 g/mol. The van der Waals surface area contributed by atoms with Gasteiger partial charge in [0, 0.05) is 16.5 Å². The van der Waals surface area contributed by atoms with E-state index in [1.54, 1.807) is 37.4 Å². The van der Waals surface area contributed by atoms with Crippen molar-refractivity contribution in [2.24, 2.45) is 0 Å². The van der Waals surface area contributed by atoms with Gasteiger partial charge in [-0.3, -0.25) is 4.79 Å². The Labute approximate surface area is 131 Å². The molecule has 0 atom stereocenters. The van der Waals surface area contributed by atoms with E-state index in [1.165, 1.54) is 12.1 Å².